The summed E-state index contributed by atoms with van der Waals surface area (Å²) in [6, 6.07) is 0.398. The minimum Gasteiger partial charge on any atom is -0.385 e. The molecule has 2 aliphatic heterocycles. The molecule has 100 valence electrons. The summed E-state index contributed by atoms with van der Waals surface area (Å²) in [6.07, 6.45) is 5.15. The van der Waals surface area contributed by atoms with Gasteiger partial charge in [-0.1, -0.05) is 13.3 Å². The predicted octanol–water partition coefficient (Wildman–Crippen LogP) is 1.65. The second-order valence-corrected chi connectivity index (χ2v) is 5.37. The molecule has 3 heterocycles. The molecule has 18 heavy (non-hydrogen) atoms. The van der Waals surface area contributed by atoms with Crippen LogP contribution in [0.25, 0.3) is 0 Å². The lowest BCUT2D eigenvalue weighted by molar-refractivity contribution is 0.123. The molecule has 0 aromatic carbocycles. The predicted molar refractivity (Wildman–Crippen MR) is 68.1 cm³/mol. The highest BCUT2D eigenvalue weighted by atomic mass is 16.3. The minimum atomic E-state index is -0.418. The number of piperidine rings is 1. The van der Waals surface area contributed by atoms with Gasteiger partial charge in [-0.05, 0) is 38.8 Å². The van der Waals surface area contributed by atoms with Crippen molar-refractivity contribution in [2.24, 2.45) is 0 Å². The lowest BCUT2D eigenvalue weighted by Gasteiger charge is -2.34. The first kappa shape index (κ1) is 12.1. The molecule has 1 fully saturated rings. The Hall–Kier alpha value is -0.940. The Morgan fingerprint density at radius 2 is 1.94 bits per heavy atom. The SMILES string of the molecule is CCN1CCCCC1c1nnc2n1CCCC2O. The van der Waals surface area contributed by atoms with Crippen molar-refractivity contribution >= 4 is 0 Å². The Labute approximate surface area is 108 Å². The summed E-state index contributed by atoms with van der Waals surface area (Å²) >= 11 is 0. The average Bonchev–Trinajstić information content (AvgIpc) is 2.84. The maximum absolute atomic E-state index is 9.96. The topological polar surface area (TPSA) is 54.2 Å². The molecule has 0 aliphatic carbocycles. The van der Waals surface area contributed by atoms with Gasteiger partial charge in [-0.2, -0.15) is 0 Å². The summed E-state index contributed by atoms with van der Waals surface area (Å²) < 4.78 is 2.16. The molecule has 2 atom stereocenters. The van der Waals surface area contributed by atoms with E-state index in [2.05, 4.69) is 26.6 Å². The summed E-state index contributed by atoms with van der Waals surface area (Å²) in [4.78, 5) is 2.49. The molecule has 0 radical (unpaired) electrons. The Kier molecular flexibility index (Phi) is 3.35. The van der Waals surface area contributed by atoms with Crippen LogP contribution in [0.1, 0.15) is 62.8 Å². The fourth-order valence-electron chi connectivity index (χ4n) is 3.28. The molecule has 0 saturated carbocycles. The zero-order chi connectivity index (χ0) is 12.5. The largest absolute Gasteiger partial charge is 0.385 e. The number of fused-ring (bicyclic) bond motifs is 1. The van der Waals surface area contributed by atoms with Crippen molar-refractivity contribution in [1.29, 1.82) is 0 Å². The van der Waals surface area contributed by atoms with Crippen LogP contribution in [-0.4, -0.2) is 37.9 Å². The van der Waals surface area contributed by atoms with E-state index in [0.29, 0.717) is 6.04 Å². The molecule has 1 aromatic rings. The number of likely N-dealkylation sites (tertiary alicyclic amines) is 1. The highest BCUT2D eigenvalue weighted by Gasteiger charge is 2.31. The Bertz CT molecular complexity index is 417. The van der Waals surface area contributed by atoms with Gasteiger partial charge in [-0.3, -0.25) is 4.90 Å². The highest BCUT2D eigenvalue weighted by Crippen LogP contribution is 2.33. The molecule has 2 aliphatic rings. The van der Waals surface area contributed by atoms with Crippen LogP contribution in [0.15, 0.2) is 0 Å². The van der Waals surface area contributed by atoms with Gasteiger partial charge >= 0.3 is 0 Å². The fourth-order valence-corrected chi connectivity index (χ4v) is 3.28. The van der Waals surface area contributed by atoms with E-state index < -0.39 is 6.10 Å². The van der Waals surface area contributed by atoms with Crippen molar-refractivity contribution in [1.82, 2.24) is 19.7 Å². The van der Waals surface area contributed by atoms with Gasteiger partial charge in [-0.15, -0.1) is 10.2 Å². The van der Waals surface area contributed by atoms with Crippen molar-refractivity contribution in [3.05, 3.63) is 11.6 Å². The quantitative estimate of drug-likeness (QED) is 0.867. The van der Waals surface area contributed by atoms with Gasteiger partial charge in [0.15, 0.2) is 5.82 Å². The number of nitrogens with zero attached hydrogens (tertiary/aromatic N) is 4. The number of hydrogen-bond acceptors (Lipinski definition) is 4. The van der Waals surface area contributed by atoms with Crippen LogP contribution in [-0.2, 0) is 6.54 Å². The van der Waals surface area contributed by atoms with Crippen LogP contribution in [0.5, 0.6) is 0 Å². The third-order valence-electron chi connectivity index (χ3n) is 4.28. The third-order valence-corrected chi connectivity index (χ3v) is 4.28. The molecule has 0 bridgehead atoms. The van der Waals surface area contributed by atoms with E-state index in [1.54, 1.807) is 0 Å². The van der Waals surface area contributed by atoms with Gasteiger partial charge in [-0.25, -0.2) is 0 Å². The van der Waals surface area contributed by atoms with Gasteiger partial charge in [0, 0.05) is 6.54 Å². The van der Waals surface area contributed by atoms with E-state index in [-0.39, 0.29) is 0 Å². The van der Waals surface area contributed by atoms with E-state index in [0.717, 1.165) is 44.1 Å². The third kappa shape index (κ3) is 1.95. The first-order chi connectivity index (χ1) is 8.81. The van der Waals surface area contributed by atoms with Crippen LogP contribution in [0, 0.1) is 0 Å². The molecule has 1 N–H and O–H groups in total. The summed E-state index contributed by atoms with van der Waals surface area (Å²) in [5.41, 5.74) is 0. The van der Waals surface area contributed by atoms with Crippen molar-refractivity contribution < 1.29 is 5.11 Å². The van der Waals surface area contributed by atoms with E-state index in [1.165, 1.54) is 19.3 Å². The summed E-state index contributed by atoms with van der Waals surface area (Å²) in [5.74, 6) is 1.85. The number of hydrogen-bond donors (Lipinski definition) is 1. The molecule has 1 aromatic heterocycles. The van der Waals surface area contributed by atoms with Crippen LogP contribution in [0.4, 0.5) is 0 Å². The van der Waals surface area contributed by atoms with Gasteiger partial charge in [0.05, 0.1) is 6.04 Å². The first-order valence-corrected chi connectivity index (χ1v) is 7.16. The first-order valence-electron chi connectivity index (χ1n) is 7.16. The van der Waals surface area contributed by atoms with Crippen LogP contribution in [0.3, 0.4) is 0 Å². The second-order valence-electron chi connectivity index (χ2n) is 5.37. The molecular formula is C13H22N4O. The summed E-state index contributed by atoms with van der Waals surface area (Å²) in [7, 11) is 0. The Morgan fingerprint density at radius 3 is 2.78 bits per heavy atom. The zero-order valence-electron chi connectivity index (χ0n) is 11.0. The van der Waals surface area contributed by atoms with Crippen molar-refractivity contribution in [2.75, 3.05) is 13.1 Å². The van der Waals surface area contributed by atoms with Gasteiger partial charge in [0.25, 0.3) is 0 Å². The van der Waals surface area contributed by atoms with E-state index in [4.69, 9.17) is 0 Å². The second kappa shape index (κ2) is 4.97. The zero-order valence-corrected chi connectivity index (χ0v) is 11.0. The van der Waals surface area contributed by atoms with Crippen LogP contribution < -0.4 is 0 Å². The standard InChI is InChI=1S/C13H22N4O/c1-2-16-8-4-3-6-10(16)12-14-15-13-11(18)7-5-9-17(12)13/h10-11,18H,2-9H2,1H3. The van der Waals surface area contributed by atoms with E-state index in [9.17, 15) is 5.11 Å². The molecule has 2 unspecified atom stereocenters. The monoisotopic (exact) mass is 250 g/mol. The van der Waals surface area contributed by atoms with Gasteiger partial charge in [0.2, 0.25) is 0 Å². The molecule has 0 amide bonds. The number of aliphatic hydroxyl groups excluding tert-OH is 1. The normalized spacial score (nSPS) is 29.2. The lowest BCUT2D eigenvalue weighted by Crippen LogP contribution is -2.35. The highest BCUT2D eigenvalue weighted by molar-refractivity contribution is 5.07. The van der Waals surface area contributed by atoms with Crippen molar-refractivity contribution in [3.63, 3.8) is 0 Å². The molecule has 3 rings (SSSR count). The van der Waals surface area contributed by atoms with E-state index in [1.807, 2.05) is 0 Å². The van der Waals surface area contributed by atoms with Crippen LogP contribution in [0.2, 0.25) is 0 Å². The maximum Gasteiger partial charge on any atom is 0.162 e. The molecule has 5 heteroatoms. The molecule has 5 nitrogen and oxygen atoms in total. The molecule has 1 saturated heterocycles. The van der Waals surface area contributed by atoms with Crippen LogP contribution >= 0.6 is 0 Å². The van der Waals surface area contributed by atoms with Gasteiger partial charge < -0.3 is 9.67 Å². The number of aliphatic hydroxyl groups is 1. The Morgan fingerprint density at radius 1 is 1.11 bits per heavy atom. The van der Waals surface area contributed by atoms with Crippen molar-refractivity contribution in [2.45, 2.75) is 57.7 Å². The fraction of sp³-hybridized carbons (Fsp3) is 0.846. The van der Waals surface area contributed by atoms with E-state index >= 15 is 0 Å². The maximum atomic E-state index is 9.96. The minimum absolute atomic E-state index is 0.398. The Balaban J connectivity index is 1.91. The van der Waals surface area contributed by atoms with Gasteiger partial charge in [0.1, 0.15) is 11.9 Å². The molecule has 0 spiro atoms. The average molecular weight is 250 g/mol. The number of rotatable bonds is 2. The number of aromatic nitrogens is 3. The van der Waals surface area contributed by atoms with Crippen molar-refractivity contribution in [3.8, 4) is 0 Å². The smallest absolute Gasteiger partial charge is 0.162 e. The summed E-state index contributed by atoms with van der Waals surface area (Å²) in [5, 5.41) is 18.6. The summed E-state index contributed by atoms with van der Waals surface area (Å²) in [6.45, 7) is 5.39. The molecular weight excluding hydrogens is 228 g/mol. The lowest BCUT2D eigenvalue weighted by atomic mass is 10.0.